The molecule has 1 atom stereocenters. The molecule has 0 radical (unpaired) electrons. The number of amides is 1. The van der Waals surface area contributed by atoms with Crippen LogP contribution in [-0.4, -0.2) is 33.7 Å². The number of hydrogen-bond donors (Lipinski definition) is 1. The summed E-state index contributed by atoms with van der Waals surface area (Å²) >= 11 is 0. The van der Waals surface area contributed by atoms with Crippen LogP contribution in [0.4, 0.5) is 4.79 Å². The lowest BCUT2D eigenvalue weighted by Crippen LogP contribution is -2.48. The standard InChI is InChI=1S/C17H23NO4/c1-17(2,3)22-16(21)18(11-12-7-5-4-6-8-12)14(15(19)20)13-9-10-13/h4-8,13-14H,9-11H2,1-3H3,(H,19,20). The first-order valence-corrected chi connectivity index (χ1v) is 7.54. The molecule has 5 nitrogen and oxygen atoms in total. The van der Waals surface area contributed by atoms with Crippen molar-refractivity contribution >= 4 is 12.1 Å². The van der Waals surface area contributed by atoms with E-state index in [1.807, 2.05) is 30.3 Å². The minimum Gasteiger partial charge on any atom is -0.480 e. The van der Waals surface area contributed by atoms with E-state index in [9.17, 15) is 14.7 Å². The van der Waals surface area contributed by atoms with Crippen molar-refractivity contribution in [2.24, 2.45) is 5.92 Å². The Morgan fingerprint density at radius 2 is 1.86 bits per heavy atom. The van der Waals surface area contributed by atoms with Gasteiger partial charge in [-0.15, -0.1) is 0 Å². The Hall–Kier alpha value is -2.04. The molecule has 1 aromatic rings. The fourth-order valence-electron chi connectivity index (χ4n) is 2.38. The molecule has 5 heteroatoms. The van der Waals surface area contributed by atoms with Gasteiger partial charge in [0.25, 0.3) is 0 Å². The monoisotopic (exact) mass is 305 g/mol. The van der Waals surface area contributed by atoms with Gasteiger partial charge in [-0.25, -0.2) is 9.59 Å². The van der Waals surface area contributed by atoms with Gasteiger partial charge in [-0.2, -0.15) is 0 Å². The molecule has 1 unspecified atom stereocenters. The van der Waals surface area contributed by atoms with Crippen LogP contribution in [0.3, 0.4) is 0 Å². The minimum atomic E-state index is -0.968. The Balaban J connectivity index is 2.23. The highest BCUT2D eigenvalue weighted by molar-refractivity contribution is 5.81. The Kier molecular flexibility index (Phi) is 4.74. The number of nitrogens with zero attached hydrogens (tertiary/aromatic N) is 1. The second-order valence-electron chi connectivity index (χ2n) is 6.71. The number of rotatable bonds is 5. The average Bonchev–Trinajstić information content (AvgIpc) is 3.21. The minimum absolute atomic E-state index is 0.0220. The topological polar surface area (TPSA) is 66.8 Å². The van der Waals surface area contributed by atoms with Gasteiger partial charge in [0.2, 0.25) is 0 Å². The second-order valence-corrected chi connectivity index (χ2v) is 6.71. The van der Waals surface area contributed by atoms with Gasteiger partial charge in [0.1, 0.15) is 11.6 Å². The molecule has 0 aromatic heterocycles. The number of carbonyl (C=O) groups is 2. The highest BCUT2D eigenvalue weighted by Crippen LogP contribution is 2.36. The summed E-state index contributed by atoms with van der Waals surface area (Å²) in [4.78, 5) is 25.5. The molecule has 120 valence electrons. The largest absolute Gasteiger partial charge is 0.480 e. The maximum Gasteiger partial charge on any atom is 0.411 e. The summed E-state index contributed by atoms with van der Waals surface area (Å²) in [7, 11) is 0. The summed E-state index contributed by atoms with van der Waals surface area (Å²) in [6, 6.07) is 8.56. The van der Waals surface area contributed by atoms with E-state index >= 15 is 0 Å². The highest BCUT2D eigenvalue weighted by atomic mass is 16.6. The molecule has 1 saturated carbocycles. The third-order valence-corrected chi connectivity index (χ3v) is 3.48. The van der Waals surface area contributed by atoms with Crippen LogP contribution in [0, 0.1) is 5.92 Å². The zero-order valence-electron chi connectivity index (χ0n) is 13.3. The molecule has 1 aromatic carbocycles. The highest BCUT2D eigenvalue weighted by Gasteiger charge is 2.43. The van der Waals surface area contributed by atoms with Crippen LogP contribution in [-0.2, 0) is 16.1 Å². The maximum absolute atomic E-state index is 12.5. The number of aliphatic carboxylic acids is 1. The number of carboxylic acids is 1. The van der Waals surface area contributed by atoms with Gasteiger partial charge in [-0.1, -0.05) is 30.3 Å². The molecule has 1 aliphatic carbocycles. The lowest BCUT2D eigenvalue weighted by Gasteiger charge is -2.31. The van der Waals surface area contributed by atoms with Crippen molar-refractivity contribution in [1.82, 2.24) is 4.90 Å². The van der Waals surface area contributed by atoms with Gasteiger partial charge in [0.15, 0.2) is 0 Å². The Labute approximate surface area is 130 Å². The van der Waals surface area contributed by atoms with Gasteiger partial charge in [-0.3, -0.25) is 4.90 Å². The second kappa shape index (κ2) is 6.38. The Morgan fingerprint density at radius 1 is 1.27 bits per heavy atom. The molecule has 0 spiro atoms. The van der Waals surface area contributed by atoms with Crippen LogP contribution in [0.25, 0.3) is 0 Å². The number of benzene rings is 1. The van der Waals surface area contributed by atoms with Crippen molar-refractivity contribution in [3.63, 3.8) is 0 Å². The predicted molar refractivity (Wildman–Crippen MR) is 82.4 cm³/mol. The molecule has 22 heavy (non-hydrogen) atoms. The number of carbonyl (C=O) groups excluding carboxylic acids is 1. The molecule has 0 saturated heterocycles. The van der Waals surface area contributed by atoms with E-state index in [1.165, 1.54) is 4.90 Å². The zero-order valence-corrected chi connectivity index (χ0v) is 13.3. The molecule has 2 rings (SSSR count). The van der Waals surface area contributed by atoms with E-state index in [4.69, 9.17) is 4.74 Å². The first-order chi connectivity index (χ1) is 10.3. The molecule has 0 heterocycles. The first-order valence-electron chi connectivity index (χ1n) is 7.54. The van der Waals surface area contributed by atoms with Crippen LogP contribution >= 0.6 is 0 Å². The Morgan fingerprint density at radius 3 is 2.32 bits per heavy atom. The van der Waals surface area contributed by atoms with Crippen molar-refractivity contribution in [3.05, 3.63) is 35.9 Å². The quantitative estimate of drug-likeness (QED) is 0.906. The number of hydrogen-bond acceptors (Lipinski definition) is 3. The van der Waals surface area contributed by atoms with Gasteiger partial charge >= 0.3 is 12.1 Å². The molecular formula is C17H23NO4. The zero-order chi connectivity index (χ0) is 16.3. The van der Waals surface area contributed by atoms with Crippen LogP contribution in [0.5, 0.6) is 0 Å². The smallest absolute Gasteiger partial charge is 0.411 e. The van der Waals surface area contributed by atoms with Crippen LogP contribution < -0.4 is 0 Å². The Bertz CT molecular complexity index is 531. The summed E-state index contributed by atoms with van der Waals surface area (Å²) in [6.45, 7) is 5.57. The van der Waals surface area contributed by atoms with E-state index in [1.54, 1.807) is 20.8 Å². The van der Waals surface area contributed by atoms with E-state index in [0.717, 1.165) is 18.4 Å². The molecule has 0 aliphatic heterocycles. The molecule has 1 aliphatic rings. The number of ether oxygens (including phenoxy) is 1. The third kappa shape index (κ3) is 4.48. The molecule has 1 amide bonds. The van der Waals surface area contributed by atoms with Crippen molar-refractivity contribution in [2.75, 3.05) is 0 Å². The van der Waals surface area contributed by atoms with Crippen molar-refractivity contribution in [2.45, 2.75) is 51.8 Å². The molecular weight excluding hydrogens is 282 g/mol. The SMILES string of the molecule is CC(C)(C)OC(=O)N(Cc1ccccc1)C(C(=O)O)C1CC1. The maximum atomic E-state index is 12.5. The average molecular weight is 305 g/mol. The van der Waals surface area contributed by atoms with Gasteiger partial charge in [-0.05, 0) is 45.1 Å². The van der Waals surface area contributed by atoms with E-state index < -0.39 is 23.7 Å². The number of carboxylic acid groups (broad SMARTS) is 1. The van der Waals surface area contributed by atoms with E-state index in [-0.39, 0.29) is 12.5 Å². The third-order valence-electron chi connectivity index (χ3n) is 3.48. The van der Waals surface area contributed by atoms with E-state index in [0.29, 0.717) is 0 Å². The van der Waals surface area contributed by atoms with Crippen molar-refractivity contribution < 1.29 is 19.4 Å². The fraction of sp³-hybridized carbons (Fsp3) is 0.529. The van der Waals surface area contributed by atoms with Crippen LogP contribution in [0.1, 0.15) is 39.2 Å². The normalized spacial score (nSPS) is 16.0. The summed E-state index contributed by atoms with van der Waals surface area (Å²) < 4.78 is 5.40. The summed E-state index contributed by atoms with van der Waals surface area (Å²) in [6.07, 6.45) is 1.10. The predicted octanol–water partition coefficient (Wildman–Crippen LogP) is 3.29. The molecule has 0 bridgehead atoms. The van der Waals surface area contributed by atoms with Crippen molar-refractivity contribution in [3.8, 4) is 0 Å². The summed E-state index contributed by atoms with van der Waals surface area (Å²) in [5, 5.41) is 9.53. The lowest BCUT2D eigenvalue weighted by atomic mass is 10.1. The van der Waals surface area contributed by atoms with Gasteiger partial charge in [0.05, 0.1) is 0 Å². The summed E-state index contributed by atoms with van der Waals surface area (Å²) in [5.41, 5.74) is 0.235. The lowest BCUT2D eigenvalue weighted by molar-refractivity contribution is -0.144. The molecule has 1 fully saturated rings. The van der Waals surface area contributed by atoms with E-state index in [2.05, 4.69) is 0 Å². The summed E-state index contributed by atoms with van der Waals surface area (Å²) in [5.74, 6) is -0.946. The fourth-order valence-corrected chi connectivity index (χ4v) is 2.38. The van der Waals surface area contributed by atoms with Crippen LogP contribution in [0.2, 0.25) is 0 Å². The molecule has 1 N–H and O–H groups in total. The van der Waals surface area contributed by atoms with Gasteiger partial charge < -0.3 is 9.84 Å². The van der Waals surface area contributed by atoms with Gasteiger partial charge in [0, 0.05) is 6.54 Å². The van der Waals surface area contributed by atoms with Crippen molar-refractivity contribution in [1.29, 1.82) is 0 Å². The first kappa shape index (κ1) is 16.3. The van der Waals surface area contributed by atoms with Crippen LogP contribution in [0.15, 0.2) is 30.3 Å².